The van der Waals surface area contributed by atoms with Crippen LogP contribution in [0.4, 0.5) is 0 Å². The molecule has 3 heterocycles. The van der Waals surface area contributed by atoms with Gasteiger partial charge in [0.05, 0.1) is 17.3 Å². The minimum atomic E-state index is -0.00977. The smallest absolute Gasteiger partial charge is 0.253 e. The lowest BCUT2D eigenvalue weighted by atomic mass is 10.0. The average Bonchev–Trinajstić information content (AvgIpc) is 3.25. The molecule has 0 bridgehead atoms. The van der Waals surface area contributed by atoms with E-state index in [0.29, 0.717) is 0 Å². The van der Waals surface area contributed by atoms with E-state index in [4.69, 9.17) is 0 Å². The summed E-state index contributed by atoms with van der Waals surface area (Å²) in [5.41, 5.74) is 2.95. The van der Waals surface area contributed by atoms with Crippen LogP contribution in [0, 0.1) is 0 Å². The van der Waals surface area contributed by atoms with E-state index in [0.717, 1.165) is 54.6 Å². The Kier molecular flexibility index (Phi) is 4.51. The molecule has 1 aliphatic rings. The highest BCUT2D eigenvalue weighted by atomic mass is 16.1. The Balaban J connectivity index is 1.61. The molecule has 0 spiro atoms. The minimum absolute atomic E-state index is 0.00977. The maximum Gasteiger partial charge on any atom is 0.253 e. The second-order valence-corrected chi connectivity index (χ2v) is 7.20. The van der Waals surface area contributed by atoms with Crippen LogP contribution in [0.1, 0.15) is 34.9 Å². The molecule has 136 valence electrons. The third-order valence-electron chi connectivity index (χ3n) is 5.10. The van der Waals surface area contributed by atoms with Crippen LogP contribution < -0.4 is 5.32 Å². The summed E-state index contributed by atoms with van der Waals surface area (Å²) in [6.07, 6.45) is 5.79. The number of aromatic nitrogens is 3. The van der Waals surface area contributed by atoms with Crippen molar-refractivity contribution in [2.75, 3.05) is 20.6 Å². The van der Waals surface area contributed by atoms with Crippen molar-refractivity contribution in [1.82, 2.24) is 24.6 Å². The van der Waals surface area contributed by atoms with Crippen molar-refractivity contribution in [3.05, 3.63) is 54.0 Å². The van der Waals surface area contributed by atoms with Gasteiger partial charge in [0.1, 0.15) is 0 Å². The SMILES string of the molecule is CN(C)CCn1cc(C(=O)NC2CCCn3nccc32)c2ccccc21. The van der Waals surface area contributed by atoms with E-state index in [9.17, 15) is 4.79 Å². The fraction of sp³-hybridized carbons (Fsp3) is 0.400. The zero-order chi connectivity index (χ0) is 18.1. The number of likely N-dealkylation sites (N-methyl/N-ethyl adjacent to an activating group) is 1. The highest BCUT2D eigenvalue weighted by Gasteiger charge is 2.24. The number of nitrogens with one attached hydrogen (secondary N) is 1. The van der Waals surface area contributed by atoms with Gasteiger partial charge in [-0.2, -0.15) is 5.10 Å². The summed E-state index contributed by atoms with van der Waals surface area (Å²) < 4.78 is 4.17. The van der Waals surface area contributed by atoms with E-state index in [2.05, 4.69) is 40.0 Å². The van der Waals surface area contributed by atoms with Gasteiger partial charge in [-0.05, 0) is 39.1 Å². The van der Waals surface area contributed by atoms with Crippen LogP contribution in [-0.2, 0) is 13.1 Å². The molecule has 0 radical (unpaired) electrons. The number of para-hydroxylation sites is 1. The Hall–Kier alpha value is -2.60. The molecular formula is C20H25N5O. The van der Waals surface area contributed by atoms with Gasteiger partial charge in [0.25, 0.3) is 5.91 Å². The molecule has 4 rings (SSSR count). The van der Waals surface area contributed by atoms with E-state index in [1.54, 1.807) is 0 Å². The average molecular weight is 351 g/mol. The summed E-state index contributed by atoms with van der Waals surface area (Å²) in [4.78, 5) is 15.2. The molecule has 0 saturated carbocycles. The van der Waals surface area contributed by atoms with E-state index >= 15 is 0 Å². The van der Waals surface area contributed by atoms with Crippen molar-refractivity contribution in [3.63, 3.8) is 0 Å². The molecule has 0 saturated heterocycles. The predicted octanol–water partition coefficient (Wildman–Crippen LogP) is 2.66. The molecule has 0 aliphatic carbocycles. The number of carbonyl (C=O) groups excluding carboxylic acids is 1. The van der Waals surface area contributed by atoms with Crippen LogP contribution >= 0.6 is 0 Å². The molecule has 1 atom stereocenters. The number of amides is 1. The lowest BCUT2D eigenvalue weighted by Crippen LogP contribution is -2.32. The van der Waals surface area contributed by atoms with E-state index < -0.39 is 0 Å². The predicted molar refractivity (Wildman–Crippen MR) is 102 cm³/mol. The maximum absolute atomic E-state index is 13.0. The van der Waals surface area contributed by atoms with E-state index in [-0.39, 0.29) is 11.9 Å². The summed E-state index contributed by atoms with van der Waals surface area (Å²) in [7, 11) is 4.12. The van der Waals surface area contributed by atoms with Crippen molar-refractivity contribution in [2.24, 2.45) is 0 Å². The van der Waals surface area contributed by atoms with Gasteiger partial charge in [0.15, 0.2) is 0 Å². The first kappa shape index (κ1) is 16.8. The van der Waals surface area contributed by atoms with Crippen LogP contribution in [0.3, 0.4) is 0 Å². The third-order valence-corrected chi connectivity index (χ3v) is 5.10. The number of nitrogens with zero attached hydrogens (tertiary/aromatic N) is 4. The second-order valence-electron chi connectivity index (χ2n) is 7.20. The third kappa shape index (κ3) is 3.12. The molecule has 0 fully saturated rings. The maximum atomic E-state index is 13.0. The first-order valence-electron chi connectivity index (χ1n) is 9.18. The minimum Gasteiger partial charge on any atom is -0.345 e. The van der Waals surface area contributed by atoms with Gasteiger partial charge in [-0.3, -0.25) is 9.48 Å². The van der Waals surface area contributed by atoms with Crippen molar-refractivity contribution in [3.8, 4) is 0 Å². The fourth-order valence-electron chi connectivity index (χ4n) is 3.72. The summed E-state index contributed by atoms with van der Waals surface area (Å²) in [6.45, 7) is 2.72. The van der Waals surface area contributed by atoms with Crippen molar-refractivity contribution < 1.29 is 4.79 Å². The number of aryl methyl sites for hydroxylation is 1. The number of carbonyl (C=O) groups is 1. The molecule has 1 N–H and O–H groups in total. The number of benzene rings is 1. The first-order valence-corrected chi connectivity index (χ1v) is 9.18. The van der Waals surface area contributed by atoms with Crippen LogP contribution in [0.5, 0.6) is 0 Å². The molecule has 6 heteroatoms. The molecular weight excluding hydrogens is 326 g/mol. The highest BCUT2D eigenvalue weighted by molar-refractivity contribution is 6.07. The van der Waals surface area contributed by atoms with Crippen LogP contribution in [0.2, 0.25) is 0 Å². The second kappa shape index (κ2) is 6.96. The Labute approximate surface area is 153 Å². The Morgan fingerprint density at radius 2 is 2.15 bits per heavy atom. The van der Waals surface area contributed by atoms with Gasteiger partial charge in [-0.25, -0.2) is 0 Å². The number of hydrogen-bond acceptors (Lipinski definition) is 3. The lowest BCUT2D eigenvalue weighted by molar-refractivity contribution is 0.0930. The van der Waals surface area contributed by atoms with Gasteiger partial charge in [-0.1, -0.05) is 18.2 Å². The number of rotatable bonds is 5. The number of hydrogen-bond donors (Lipinski definition) is 1. The summed E-state index contributed by atoms with van der Waals surface area (Å²) in [6, 6.07) is 10.2. The Bertz CT molecular complexity index is 923. The van der Waals surface area contributed by atoms with Crippen molar-refractivity contribution in [2.45, 2.75) is 32.0 Å². The molecule has 1 unspecified atom stereocenters. The normalized spacial score (nSPS) is 16.8. The van der Waals surface area contributed by atoms with Crippen LogP contribution in [0.25, 0.3) is 10.9 Å². The van der Waals surface area contributed by atoms with Gasteiger partial charge < -0.3 is 14.8 Å². The van der Waals surface area contributed by atoms with E-state index in [1.165, 1.54) is 0 Å². The zero-order valence-electron chi connectivity index (χ0n) is 15.4. The van der Waals surface area contributed by atoms with Gasteiger partial charge in [0, 0.05) is 42.9 Å². The molecule has 1 aromatic carbocycles. The van der Waals surface area contributed by atoms with Crippen LogP contribution in [-0.4, -0.2) is 45.8 Å². The lowest BCUT2D eigenvalue weighted by Gasteiger charge is -2.24. The van der Waals surface area contributed by atoms with Crippen molar-refractivity contribution >= 4 is 16.8 Å². The highest BCUT2D eigenvalue weighted by Crippen LogP contribution is 2.26. The largest absolute Gasteiger partial charge is 0.345 e. The summed E-state index contributed by atoms with van der Waals surface area (Å²) in [5.74, 6) is -0.00977. The summed E-state index contributed by atoms with van der Waals surface area (Å²) in [5, 5.41) is 8.57. The van der Waals surface area contributed by atoms with Gasteiger partial charge in [0.2, 0.25) is 0 Å². The van der Waals surface area contributed by atoms with Crippen molar-refractivity contribution in [1.29, 1.82) is 0 Å². The molecule has 1 aliphatic heterocycles. The number of fused-ring (bicyclic) bond motifs is 2. The monoisotopic (exact) mass is 351 g/mol. The molecule has 26 heavy (non-hydrogen) atoms. The zero-order valence-corrected chi connectivity index (χ0v) is 15.4. The van der Waals surface area contributed by atoms with Crippen LogP contribution in [0.15, 0.2) is 42.7 Å². The van der Waals surface area contributed by atoms with E-state index in [1.807, 2.05) is 41.3 Å². The summed E-state index contributed by atoms with van der Waals surface area (Å²) >= 11 is 0. The van der Waals surface area contributed by atoms with Gasteiger partial charge >= 0.3 is 0 Å². The Morgan fingerprint density at radius 3 is 3.00 bits per heavy atom. The van der Waals surface area contributed by atoms with Gasteiger partial charge in [-0.15, -0.1) is 0 Å². The topological polar surface area (TPSA) is 55.1 Å². The fourth-order valence-corrected chi connectivity index (χ4v) is 3.72. The molecule has 1 amide bonds. The molecule has 2 aromatic heterocycles. The quantitative estimate of drug-likeness (QED) is 0.769. The molecule has 3 aromatic rings. The Morgan fingerprint density at radius 1 is 1.31 bits per heavy atom. The first-order chi connectivity index (χ1) is 12.6. The standard InChI is InChI=1S/C20H25N5O/c1-23(2)12-13-24-14-16(15-6-3-4-8-18(15)24)20(26)22-17-7-5-11-25-19(17)9-10-21-25/h3-4,6,8-10,14,17H,5,7,11-13H2,1-2H3,(H,22,26). The molecule has 6 nitrogen and oxygen atoms in total.